The van der Waals surface area contributed by atoms with Crippen molar-refractivity contribution in [1.82, 2.24) is 0 Å². The highest BCUT2D eigenvalue weighted by molar-refractivity contribution is 7.43. The summed E-state index contributed by atoms with van der Waals surface area (Å²) in [7, 11) is -10.9. The SMILES string of the molecule is O=P([O-])([O-])OC[C@H]1O[C@](O)(COP(=O)([O-])[O-])[C@@H](O)[C@@H]1O. The van der Waals surface area contributed by atoms with E-state index in [-0.39, 0.29) is 0 Å². The van der Waals surface area contributed by atoms with Crippen LogP contribution in [0.5, 0.6) is 0 Å². The summed E-state index contributed by atoms with van der Waals surface area (Å²) in [4.78, 5) is 41.0. The standard InChI is InChI=1S/C6H14O12P2/c7-4-3(1-16-19(10,11)12)18-6(9,5(4)8)2-17-20(13,14)15/h3-5,7-9H,1-2H2,(H2,10,11,12)(H2,13,14,15)/p-4/t3-,4-,5+,6-/m1/s1. The normalized spacial score (nSPS) is 35.5. The van der Waals surface area contributed by atoms with Crippen LogP contribution < -0.4 is 19.6 Å². The summed E-state index contributed by atoms with van der Waals surface area (Å²) in [6, 6.07) is 0. The van der Waals surface area contributed by atoms with Gasteiger partial charge in [-0.1, -0.05) is 0 Å². The molecule has 1 aliphatic heterocycles. The number of phosphoric ester groups is 2. The van der Waals surface area contributed by atoms with Gasteiger partial charge in [-0.25, -0.2) is 0 Å². The van der Waals surface area contributed by atoms with E-state index in [1.165, 1.54) is 0 Å². The van der Waals surface area contributed by atoms with Crippen LogP contribution in [0.3, 0.4) is 0 Å². The van der Waals surface area contributed by atoms with Crippen LogP contribution in [0.15, 0.2) is 0 Å². The minimum absolute atomic E-state index is 1.03. The Morgan fingerprint density at radius 1 is 1.10 bits per heavy atom. The van der Waals surface area contributed by atoms with Gasteiger partial charge in [-0.2, -0.15) is 0 Å². The van der Waals surface area contributed by atoms with Gasteiger partial charge in [0, 0.05) is 0 Å². The Labute approximate surface area is 112 Å². The fourth-order valence-electron chi connectivity index (χ4n) is 1.46. The molecule has 20 heavy (non-hydrogen) atoms. The molecule has 0 aromatic rings. The zero-order valence-electron chi connectivity index (χ0n) is 9.56. The summed E-state index contributed by atoms with van der Waals surface area (Å²) < 4.78 is 32.6. The zero-order chi connectivity index (χ0) is 15.8. The predicted octanol–water partition coefficient (Wildman–Crippen LogP) is -5.51. The number of phosphoric acid groups is 2. The van der Waals surface area contributed by atoms with E-state index in [0.717, 1.165) is 0 Å². The quantitative estimate of drug-likeness (QED) is 0.387. The summed E-state index contributed by atoms with van der Waals surface area (Å²) in [5.74, 6) is -2.78. The Morgan fingerprint density at radius 2 is 1.60 bits per heavy atom. The number of hydrogen-bond acceptors (Lipinski definition) is 12. The highest BCUT2D eigenvalue weighted by Crippen LogP contribution is 2.35. The smallest absolute Gasteiger partial charge is 0.219 e. The Morgan fingerprint density at radius 3 is 2.05 bits per heavy atom. The summed E-state index contributed by atoms with van der Waals surface area (Å²) in [6.45, 7) is -2.37. The van der Waals surface area contributed by atoms with E-state index in [1.807, 2.05) is 0 Å². The van der Waals surface area contributed by atoms with Gasteiger partial charge < -0.3 is 57.8 Å². The van der Waals surface area contributed by atoms with Gasteiger partial charge in [0.2, 0.25) is 5.79 Å². The molecular formula is C6H10O12P2-4. The first kappa shape index (κ1) is 18.1. The first-order valence-corrected chi connectivity index (χ1v) is 7.86. The first-order chi connectivity index (χ1) is 8.84. The van der Waals surface area contributed by atoms with Crippen molar-refractivity contribution < 1.29 is 57.8 Å². The van der Waals surface area contributed by atoms with E-state index in [0.29, 0.717) is 0 Å². The van der Waals surface area contributed by atoms with Crippen molar-refractivity contribution in [2.24, 2.45) is 0 Å². The van der Waals surface area contributed by atoms with Crippen molar-refractivity contribution in [1.29, 1.82) is 0 Å². The maximum Gasteiger partial charge on any atom is 0.219 e. The molecular weight excluding hydrogens is 326 g/mol. The Hall–Kier alpha value is 0.0600. The second-order valence-electron chi connectivity index (χ2n) is 3.90. The minimum atomic E-state index is -5.48. The van der Waals surface area contributed by atoms with Crippen LogP contribution in [0.25, 0.3) is 0 Å². The van der Waals surface area contributed by atoms with Crippen molar-refractivity contribution in [3.05, 3.63) is 0 Å². The van der Waals surface area contributed by atoms with E-state index >= 15 is 0 Å². The number of aliphatic hydroxyl groups is 3. The molecule has 0 bridgehead atoms. The third-order valence-electron chi connectivity index (χ3n) is 2.35. The molecule has 0 saturated carbocycles. The molecule has 1 saturated heterocycles. The van der Waals surface area contributed by atoms with Crippen molar-refractivity contribution >= 4 is 15.6 Å². The van der Waals surface area contributed by atoms with Crippen LogP contribution in [0.1, 0.15) is 0 Å². The van der Waals surface area contributed by atoms with E-state index in [9.17, 15) is 44.0 Å². The molecule has 0 amide bonds. The van der Waals surface area contributed by atoms with Gasteiger partial charge in [0.15, 0.2) is 0 Å². The van der Waals surface area contributed by atoms with Crippen LogP contribution in [0, 0.1) is 0 Å². The fraction of sp³-hybridized carbons (Fsp3) is 1.00. The maximum atomic E-state index is 10.3. The van der Waals surface area contributed by atoms with Crippen LogP contribution >= 0.6 is 15.6 Å². The van der Waals surface area contributed by atoms with Gasteiger partial charge >= 0.3 is 0 Å². The van der Waals surface area contributed by atoms with Crippen LogP contribution in [-0.2, 0) is 22.9 Å². The molecule has 1 aliphatic rings. The summed E-state index contributed by atoms with van der Waals surface area (Å²) in [5, 5.41) is 28.5. The molecule has 4 atom stereocenters. The van der Waals surface area contributed by atoms with Gasteiger partial charge in [-0.3, -0.25) is 0 Å². The van der Waals surface area contributed by atoms with Crippen molar-refractivity contribution in [3.63, 3.8) is 0 Å². The van der Waals surface area contributed by atoms with Gasteiger partial charge in [0.25, 0.3) is 0 Å². The highest BCUT2D eigenvalue weighted by Gasteiger charge is 2.53. The van der Waals surface area contributed by atoms with E-state index < -0.39 is 53.0 Å². The number of hydrogen-bond donors (Lipinski definition) is 3. The Bertz CT molecular complexity index is 428. The zero-order valence-corrected chi connectivity index (χ0v) is 11.3. The lowest BCUT2D eigenvalue weighted by molar-refractivity contribution is -0.350. The van der Waals surface area contributed by atoms with Gasteiger partial charge in [0.05, 0.1) is 22.3 Å². The predicted molar refractivity (Wildman–Crippen MR) is 49.0 cm³/mol. The van der Waals surface area contributed by atoms with Gasteiger partial charge in [0.1, 0.15) is 24.9 Å². The molecule has 0 radical (unpaired) electrons. The summed E-state index contributed by atoms with van der Waals surface area (Å²) in [6.07, 6.45) is -5.69. The Kier molecular flexibility index (Phi) is 5.48. The molecule has 14 heteroatoms. The lowest BCUT2D eigenvalue weighted by Crippen LogP contribution is -2.47. The molecule has 0 unspecified atom stereocenters. The lowest BCUT2D eigenvalue weighted by Gasteiger charge is -2.34. The molecule has 3 N–H and O–H groups in total. The fourth-order valence-corrected chi connectivity index (χ4v) is 2.13. The molecule has 1 fully saturated rings. The third-order valence-corrected chi connectivity index (χ3v) is 3.26. The number of rotatable bonds is 6. The molecule has 0 spiro atoms. The largest absolute Gasteiger partial charge is 0.790 e. The number of ether oxygens (including phenoxy) is 1. The molecule has 0 aromatic heterocycles. The maximum absolute atomic E-state index is 10.3. The molecule has 12 nitrogen and oxygen atoms in total. The summed E-state index contributed by atoms with van der Waals surface area (Å²) >= 11 is 0. The molecule has 120 valence electrons. The van der Waals surface area contributed by atoms with Crippen molar-refractivity contribution in [3.8, 4) is 0 Å². The van der Waals surface area contributed by atoms with Crippen molar-refractivity contribution in [2.75, 3.05) is 13.2 Å². The van der Waals surface area contributed by atoms with Crippen LogP contribution in [-0.4, -0.2) is 52.6 Å². The van der Waals surface area contributed by atoms with Crippen LogP contribution in [0.4, 0.5) is 0 Å². The second kappa shape index (κ2) is 6.05. The van der Waals surface area contributed by atoms with Crippen molar-refractivity contribution in [2.45, 2.75) is 24.1 Å². The van der Waals surface area contributed by atoms with Gasteiger partial charge in [-0.05, 0) is 0 Å². The average Bonchev–Trinajstić information content (AvgIpc) is 2.48. The topological polar surface area (TPSA) is 215 Å². The first-order valence-electron chi connectivity index (χ1n) is 4.93. The second-order valence-corrected chi connectivity index (χ2v) is 6.21. The minimum Gasteiger partial charge on any atom is -0.790 e. The van der Waals surface area contributed by atoms with E-state index in [2.05, 4.69) is 13.8 Å². The third kappa shape index (κ3) is 5.11. The monoisotopic (exact) mass is 336 g/mol. The van der Waals surface area contributed by atoms with Gasteiger partial charge in [-0.15, -0.1) is 0 Å². The van der Waals surface area contributed by atoms with E-state index in [4.69, 9.17) is 0 Å². The summed E-state index contributed by atoms with van der Waals surface area (Å²) in [5.41, 5.74) is 0. The molecule has 1 rings (SSSR count). The number of aliphatic hydroxyl groups excluding tert-OH is 2. The molecule has 0 aliphatic carbocycles. The molecule has 0 aromatic carbocycles. The molecule has 1 heterocycles. The average molecular weight is 336 g/mol. The Balaban J connectivity index is 2.67. The highest BCUT2D eigenvalue weighted by atomic mass is 31.2. The van der Waals surface area contributed by atoms with Crippen LogP contribution in [0.2, 0.25) is 0 Å². The lowest BCUT2D eigenvalue weighted by atomic mass is 10.1. The van der Waals surface area contributed by atoms with E-state index in [1.54, 1.807) is 0 Å².